The second-order valence-corrected chi connectivity index (χ2v) is 10.1. The van der Waals surface area contributed by atoms with Gasteiger partial charge in [0.15, 0.2) is 0 Å². The minimum atomic E-state index is -1.62. The van der Waals surface area contributed by atoms with Crippen LogP contribution in [0.15, 0.2) is 24.3 Å². The number of benzene rings is 1. The van der Waals surface area contributed by atoms with Crippen molar-refractivity contribution in [2.45, 2.75) is 84.5 Å². The lowest BCUT2D eigenvalue weighted by Crippen LogP contribution is -2.64. The predicted molar refractivity (Wildman–Crippen MR) is 115 cm³/mol. The third kappa shape index (κ3) is 5.52. The fraction of sp³-hybridized carbons (Fsp3) is 0.609. The van der Waals surface area contributed by atoms with Gasteiger partial charge < -0.3 is 14.6 Å². The van der Waals surface area contributed by atoms with Crippen molar-refractivity contribution in [3.8, 4) is 0 Å². The summed E-state index contributed by atoms with van der Waals surface area (Å²) >= 11 is 0. The van der Waals surface area contributed by atoms with Crippen LogP contribution in [-0.2, 0) is 19.7 Å². The summed E-state index contributed by atoms with van der Waals surface area (Å²) in [6.45, 7) is 15.5. The van der Waals surface area contributed by atoms with Crippen LogP contribution in [0.3, 0.4) is 0 Å². The van der Waals surface area contributed by atoms with E-state index in [1.165, 1.54) is 14.0 Å². The van der Waals surface area contributed by atoms with Gasteiger partial charge in [0.25, 0.3) is 0 Å². The highest BCUT2D eigenvalue weighted by atomic mass is 16.6. The monoisotopic (exact) mass is 421 g/mol. The number of carboxylic acids is 1. The Labute approximate surface area is 179 Å². The molecule has 168 valence electrons. The second kappa shape index (κ2) is 8.28. The van der Waals surface area contributed by atoms with Crippen LogP contribution in [0.25, 0.3) is 0 Å². The van der Waals surface area contributed by atoms with E-state index in [2.05, 4.69) is 0 Å². The molecule has 0 fully saturated rings. The topological polar surface area (TPSA) is 93.1 Å². The molecule has 7 nitrogen and oxygen atoms in total. The Balaban J connectivity index is 3.31. The molecule has 1 aromatic carbocycles. The fourth-order valence-corrected chi connectivity index (χ4v) is 2.98. The lowest BCUT2D eigenvalue weighted by Gasteiger charge is -2.47. The number of aliphatic carboxylic acids is 1. The molecule has 0 saturated heterocycles. The molecule has 1 N–H and O–H groups in total. The van der Waals surface area contributed by atoms with Gasteiger partial charge in [0.1, 0.15) is 16.7 Å². The number of hydrogen-bond donors (Lipinski definition) is 1. The maximum absolute atomic E-state index is 12.6. The lowest BCUT2D eigenvalue weighted by molar-refractivity contribution is -0.153. The lowest BCUT2D eigenvalue weighted by atomic mass is 9.67. The number of ether oxygens (including phenoxy) is 2. The summed E-state index contributed by atoms with van der Waals surface area (Å²) in [5.41, 5.74) is -3.01. The normalized spacial score (nSPS) is 14.5. The van der Waals surface area contributed by atoms with Gasteiger partial charge in [-0.3, -0.25) is 4.90 Å². The molecular formula is C23H35NO6. The number of carboxylic acid groups (broad SMARTS) is 1. The first-order valence-corrected chi connectivity index (χ1v) is 9.87. The van der Waals surface area contributed by atoms with Gasteiger partial charge >= 0.3 is 18.0 Å². The first kappa shape index (κ1) is 25.5. The summed E-state index contributed by atoms with van der Waals surface area (Å²) in [4.78, 5) is 38.4. The van der Waals surface area contributed by atoms with E-state index in [1.807, 2.05) is 0 Å². The number of carbonyl (C=O) groups is 3. The zero-order chi connectivity index (χ0) is 23.7. The molecule has 1 amide bonds. The Morgan fingerprint density at radius 3 is 1.60 bits per heavy atom. The van der Waals surface area contributed by atoms with Crippen LogP contribution in [0.1, 0.15) is 78.2 Å². The van der Waals surface area contributed by atoms with Crippen LogP contribution in [0, 0.1) is 0 Å². The smallest absolute Gasteiger partial charge is 0.411 e. The summed E-state index contributed by atoms with van der Waals surface area (Å²) in [5.74, 6) is -1.63. The number of hydrogen-bond acceptors (Lipinski definition) is 5. The average molecular weight is 422 g/mol. The van der Waals surface area contributed by atoms with Crippen molar-refractivity contribution in [3.05, 3.63) is 35.4 Å². The maximum Gasteiger partial charge on any atom is 0.411 e. The summed E-state index contributed by atoms with van der Waals surface area (Å²) < 4.78 is 10.8. The van der Waals surface area contributed by atoms with Gasteiger partial charge in [-0.2, -0.15) is 0 Å². The first-order chi connectivity index (χ1) is 13.3. The van der Waals surface area contributed by atoms with Crippen molar-refractivity contribution in [3.63, 3.8) is 0 Å². The van der Waals surface area contributed by atoms with E-state index in [0.29, 0.717) is 11.1 Å². The minimum Gasteiger partial charge on any atom is -0.479 e. The van der Waals surface area contributed by atoms with E-state index >= 15 is 0 Å². The van der Waals surface area contributed by atoms with Crippen molar-refractivity contribution >= 4 is 18.0 Å². The molecule has 1 rings (SSSR count). The Hall–Kier alpha value is -2.57. The largest absolute Gasteiger partial charge is 0.479 e. The van der Waals surface area contributed by atoms with Crippen LogP contribution >= 0.6 is 0 Å². The van der Waals surface area contributed by atoms with Crippen LogP contribution in [0.2, 0.25) is 0 Å². The van der Waals surface area contributed by atoms with E-state index in [9.17, 15) is 19.5 Å². The minimum absolute atomic E-state index is 0.363. The Bertz CT molecular complexity index is 798. The van der Waals surface area contributed by atoms with E-state index < -0.39 is 40.2 Å². The molecule has 0 radical (unpaired) electrons. The van der Waals surface area contributed by atoms with Gasteiger partial charge in [-0.15, -0.1) is 0 Å². The molecule has 0 saturated carbocycles. The quantitative estimate of drug-likeness (QED) is 0.697. The second-order valence-electron chi connectivity index (χ2n) is 10.1. The number of likely N-dealkylation sites (N-methyl/N-ethyl adjacent to an activating group) is 1. The van der Waals surface area contributed by atoms with Gasteiger partial charge in [0.05, 0.1) is 5.56 Å². The first-order valence-electron chi connectivity index (χ1n) is 9.87. The Morgan fingerprint density at radius 2 is 1.23 bits per heavy atom. The molecule has 0 heterocycles. The number of amides is 1. The summed E-state index contributed by atoms with van der Waals surface area (Å²) in [6, 6.07) is 6.56. The number of carbonyl (C=O) groups excluding carboxylic acids is 2. The van der Waals surface area contributed by atoms with E-state index in [0.717, 1.165) is 4.90 Å². The van der Waals surface area contributed by atoms with Crippen LogP contribution in [-0.4, -0.2) is 51.8 Å². The highest BCUT2D eigenvalue weighted by Crippen LogP contribution is 2.39. The predicted octanol–water partition coefficient (Wildman–Crippen LogP) is 4.63. The highest BCUT2D eigenvalue weighted by molar-refractivity contribution is 5.90. The highest BCUT2D eigenvalue weighted by Gasteiger charge is 2.54. The average Bonchev–Trinajstić information content (AvgIpc) is 2.57. The van der Waals surface area contributed by atoms with Gasteiger partial charge in [-0.25, -0.2) is 14.4 Å². The number of rotatable bonds is 5. The maximum atomic E-state index is 12.6. The third-order valence-electron chi connectivity index (χ3n) is 5.21. The molecule has 0 spiro atoms. The van der Waals surface area contributed by atoms with Gasteiger partial charge in [-0.1, -0.05) is 26.0 Å². The molecule has 30 heavy (non-hydrogen) atoms. The zero-order valence-corrected chi connectivity index (χ0v) is 19.7. The molecule has 0 aromatic heterocycles. The van der Waals surface area contributed by atoms with Crippen molar-refractivity contribution < 1.29 is 29.0 Å². The van der Waals surface area contributed by atoms with Gasteiger partial charge in [0.2, 0.25) is 0 Å². The molecule has 7 heteroatoms. The van der Waals surface area contributed by atoms with Crippen LogP contribution in [0.4, 0.5) is 4.79 Å². The molecule has 0 aliphatic heterocycles. The molecule has 0 aliphatic carbocycles. The van der Waals surface area contributed by atoms with E-state index in [4.69, 9.17) is 9.47 Å². The van der Waals surface area contributed by atoms with E-state index in [-0.39, 0.29) is 0 Å². The third-order valence-corrected chi connectivity index (χ3v) is 5.21. The zero-order valence-electron chi connectivity index (χ0n) is 19.7. The number of nitrogens with zero attached hydrogens (tertiary/aromatic N) is 1. The van der Waals surface area contributed by atoms with E-state index in [1.54, 1.807) is 79.7 Å². The van der Waals surface area contributed by atoms with Crippen molar-refractivity contribution in [2.24, 2.45) is 0 Å². The molecule has 0 unspecified atom stereocenters. The standard InChI is InChI=1S/C23H35NO6/c1-20(2,3)29-17(25)15-11-13-16(14-12-15)22(7,8)23(9,18(26)27)24(10)19(28)30-21(4,5)6/h11-14H,1-10H3,(H,26,27)/t23-/m1/s1. The summed E-state index contributed by atoms with van der Waals surface area (Å²) in [6.07, 6.45) is -0.731. The summed E-state index contributed by atoms with van der Waals surface area (Å²) in [7, 11) is 1.42. The Morgan fingerprint density at radius 1 is 0.800 bits per heavy atom. The molecule has 0 aliphatic rings. The number of esters is 1. The molecular weight excluding hydrogens is 386 g/mol. The van der Waals surface area contributed by atoms with Crippen molar-refractivity contribution in [1.29, 1.82) is 0 Å². The van der Waals surface area contributed by atoms with Crippen LogP contribution < -0.4 is 0 Å². The molecule has 0 bridgehead atoms. The molecule has 1 atom stereocenters. The fourth-order valence-electron chi connectivity index (χ4n) is 2.98. The van der Waals surface area contributed by atoms with Gasteiger partial charge in [0, 0.05) is 12.5 Å². The van der Waals surface area contributed by atoms with Crippen molar-refractivity contribution in [2.75, 3.05) is 7.05 Å². The van der Waals surface area contributed by atoms with Gasteiger partial charge in [-0.05, 0) is 66.2 Å². The van der Waals surface area contributed by atoms with Crippen LogP contribution in [0.5, 0.6) is 0 Å². The van der Waals surface area contributed by atoms with Crippen molar-refractivity contribution in [1.82, 2.24) is 4.90 Å². The summed E-state index contributed by atoms with van der Waals surface area (Å²) in [5, 5.41) is 10.1. The Kier molecular flexibility index (Phi) is 7.03. The SMILES string of the molecule is CN(C(=O)OC(C)(C)C)[C@](C)(C(=O)O)C(C)(C)c1ccc(C(=O)OC(C)(C)C)cc1. The molecule has 1 aromatic rings.